The lowest BCUT2D eigenvalue weighted by molar-refractivity contribution is 0.660. The van der Waals surface area contributed by atoms with Crippen molar-refractivity contribution in [1.82, 2.24) is 0 Å². The number of hydrogen-bond donors (Lipinski definition) is 0. The lowest BCUT2D eigenvalue weighted by Crippen LogP contribution is -2.14. The van der Waals surface area contributed by atoms with E-state index in [1.807, 2.05) is 0 Å². The van der Waals surface area contributed by atoms with E-state index < -0.39 is 227 Å². The van der Waals surface area contributed by atoms with Crippen molar-refractivity contribution in [3.63, 3.8) is 0 Å². The van der Waals surface area contributed by atoms with Gasteiger partial charge in [0.05, 0.1) is 32.9 Å². The summed E-state index contributed by atoms with van der Waals surface area (Å²) in [4.78, 5) is 0. The third-order valence-corrected chi connectivity index (χ3v) is 8.57. The van der Waals surface area contributed by atoms with Crippen LogP contribution in [0.1, 0.15) is 57.9 Å². The van der Waals surface area contributed by atoms with Gasteiger partial charge in [-0.1, -0.05) is 135 Å². The molecule has 216 valence electrons. The molecular weight excluding hydrogens is 556 g/mol. The number of fused-ring (bicyclic) bond motifs is 9. The van der Waals surface area contributed by atoms with Gasteiger partial charge >= 0.3 is 0 Å². The molecule has 0 aliphatic heterocycles. The second kappa shape index (κ2) is 9.19. The lowest BCUT2D eigenvalue weighted by Gasteiger charge is -2.22. The van der Waals surface area contributed by atoms with Gasteiger partial charge in [0.25, 0.3) is 0 Å². The summed E-state index contributed by atoms with van der Waals surface area (Å²) in [6, 6.07) is -18.7. The summed E-state index contributed by atoms with van der Waals surface area (Å²) >= 11 is 0. The van der Waals surface area contributed by atoms with Crippen molar-refractivity contribution in [3.05, 3.63) is 156 Å². The van der Waals surface area contributed by atoms with Gasteiger partial charge in [0.15, 0.2) is 0 Å². The first-order valence-corrected chi connectivity index (χ1v) is 14.2. The second-order valence-electron chi connectivity index (χ2n) is 11.4. The average Bonchev–Trinajstić information content (AvgIpc) is 3.84. The molecular formula is C45H30O. The number of benzene rings is 8. The van der Waals surface area contributed by atoms with Crippen LogP contribution >= 0.6 is 0 Å². The SMILES string of the molecule is [2H]c1c([2H])c([2H])c2c(c1[2H])-c1c(-c3c4c([2H])c([2H])c([2H])c([2H])c4c(-c4c([2H])c([2H])c5oc6c([2H])c7c([2H])c([2H])c([2H])c([2H])c7c([2H])c6c5c4[2H])c4c([2H])c([2H])c([2H])c([2H])c34)c([2H])c([2H])c([2H])c1C2(C)C. The molecule has 0 unspecified atom stereocenters. The number of furan rings is 1. The predicted molar refractivity (Wildman–Crippen MR) is 195 cm³/mol. The van der Waals surface area contributed by atoms with Gasteiger partial charge in [-0.05, 0) is 101 Å². The standard InChI is InChI=1S/C45H30O/c1-45(2)38-20-10-9-18-34(38)44-35(19-11-21-39(44)45)43-32-16-7-5-14-30(32)42(31-15-6-8-17-33(31)43)29-22-23-40-36(25-29)37-24-27-12-3-4-13-28(27)26-41(37)46-40/h3-26H,1-2H3/i3D,4D,5D,6D,7D,8D,9D,10D,11D,12D,13D,14D,15D,16D,17D,18D,19D,20D,21D,22D,23D,24D,25D,26D. The Morgan fingerprint density at radius 3 is 1.74 bits per heavy atom. The van der Waals surface area contributed by atoms with Crippen LogP contribution in [0, 0.1) is 0 Å². The molecule has 0 saturated heterocycles. The zero-order chi connectivity index (χ0) is 51.5. The van der Waals surface area contributed by atoms with E-state index in [4.69, 9.17) is 22.2 Å². The van der Waals surface area contributed by atoms with Crippen molar-refractivity contribution in [1.29, 1.82) is 0 Å². The van der Waals surface area contributed by atoms with Gasteiger partial charge in [0.1, 0.15) is 11.2 Å². The van der Waals surface area contributed by atoms with E-state index in [2.05, 4.69) is 0 Å². The van der Waals surface area contributed by atoms with Gasteiger partial charge in [-0.15, -0.1) is 0 Å². The van der Waals surface area contributed by atoms with E-state index in [0.717, 1.165) is 0 Å². The molecule has 1 nitrogen and oxygen atoms in total. The lowest BCUT2D eigenvalue weighted by atomic mass is 9.80. The summed E-state index contributed by atoms with van der Waals surface area (Å²) < 4.78 is 224. The summed E-state index contributed by atoms with van der Waals surface area (Å²) in [5.41, 5.74) is -5.53. The fourth-order valence-corrected chi connectivity index (χ4v) is 6.52. The highest BCUT2D eigenvalue weighted by Gasteiger charge is 2.37. The van der Waals surface area contributed by atoms with Crippen LogP contribution in [0.5, 0.6) is 0 Å². The van der Waals surface area contributed by atoms with Crippen molar-refractivity contribution in [2.75, 3.05) is 0 Å². The van der Waals surface area contributed by atoms with E-state index in [1.165, 1.54) is 13.8 Å². The predicted octanol–water partition coefficient (Wildman–Crippen LogP) is 12.7. The molecule has 46 heavy (non-hydrogen) atoms. The Labute approximate surface area is 301 Å². The highest BCUT2D eigenvalue weighted by Crippen LogP contribution is 2.54. The average molecular weight is 611 g/mol. The van der Waals surface area contributed by atoms with E-state index in [1.54, 1.807) is 0 Å². The third kappa shape index (κ3) is 3.40. The van der Waals surface area contributed by atoms with Gasteiger partial charge in [-0.3, -0.25) is 0 Å². The molecule has 9 aromatic rings. The van der Waals surface area contributed by atoms with Crippen LogP contribution in [0.3, 0.4) is 0 Å². The van der Waals surface area contributed by atoms with Crippen molar-refractivity contribution >= 4 is 54.3 Å². The Kier molecular flexibility index (Phi) is 2.32. The van der Waals surface area contributed by atoms with Crippen LogP contribution in [0.25, 0.3) is 87.6 Å². The minimum atomic E-state index is -1.51. The normalized spacial score (nSPS) is 20.9. The van der Waals surface area contributed by atoms with Gasteiger partial charge in [-0.25, -0.2) is 0 Å². The van der Waals surface area contributed by atoms with Crippen molar-refractivity contribution < 1.29 is 37.3 Å². The largest absolute Gasteiger partial charge is 0.456 e. The van der Waals surface area contributed by atoms with Gasteiger partial charge in [0.2, 0.25) is 0 Å². The van der Waals surface area contributed by atoms with Crippen LogP contribution < -0.4 is 0 Å². The minimum absolute atomic E-state index is 0.0449. The monoisotopic (exact) mass is 610 g/mol. The molecule has 0 spiro atoms. The molecule has 0 radical (unpaired) electrons. The summed E-state index contributed by atoms with van der Waals surface area (Å²) in [7, 11) is 0. The topological polar surface area (TPSA) is 13.1 Å². The van der Waals surface area contributed by atoms with Crippen molar-refractivity contribution in [3.8, 4) is 33.4 Å². The van der Waals surface area contributed by atoms with E-state index >= 15 is 0 Å². The first-order valence-electron chi connectivity index (χ1n) is 26.2. The molecule has 0 N–H and O–H groups in total. The quantitative estimate of drug-likeness (QED) is 0.177. The number of rotatable bonds is 2. The zero-order valence-corrected chi connectivity index (χ0v) is 23.9. The minimum Gasteiger partial charge on any atom is -0.456 e. The van der Waals surface area contributed by atoms with Gasteiger partial charge in [0, 0.05) is 16.2 Å². The van der Waals surface area contributed by atoms with Crippen molar-refractivity contribution in [2.45, 2.75) is 19.3 Å². The molecule has 1 aliphatic carbocycles. The summed E-state index contributed by atoms with van der Waals surface area (Å²) in [6.45, 7) is 3.06. The Bertz CT molecular complexity index is 4000. The van der Waals surface area contributed by atoms with Gasteiger partial charge in [-0.2, -0.15) is 0 Å². The molecule has 8 aromatic carbocycles. The van der Waals surface area contributed by atoms with Crippen LogP contribution in [0.4, 0.5) is 0 Å². The number of hydrogen-bond acceptors (Lipinski definition) is 1. The van der Waals surface area contributed by atoms with Crippen LogP contribution in [-0.4, -0.2) is 0 Å². The maximum Gasteiger partial charge on any atom is 0.136 e. The maximum atomic E-state index is 9.87. The van der Waals surface area contributed by atoms with Crippen molar-refractivity contribution in [2.24, 2.45) is 0 Å². The zero-order valence-electron chi connectivity index (χ0n) is 47.9. The van der Waals surface area contributed by atoms with E-state index in [9.17, 15) is 15.1 Å². The molecule has 0 amide bonds. The fraction of sp³-hybridized carbons (Fsp3) is 0.0667. The summed E-state index contributed by atoms with van der Waals surface area (Å²) in [5.74, 6) is 0. The van der Waals surface area contributed by atoms with Crippen LogP contribution in [0.2, 0.25) is 0 Å². The third-order valence-electron chi connectivity index (χ3n) is 8.57. The fourth-order valence-electron chi connectivity index (χ4n) is 6.52. The molecule has 0 bridgehead atoms. The Morgan fingerprint density at radius 2 is 1.00 bits per heavy atom. The smallest absolute Gasteiger partial charge is 0.136 e. The molecule has 0 saturated carbocycles. The molecule has 1 heterocycles. The molecule has 1 aromatic heterocycles. The highest BCUT2D eigenvalue weighted by molar-refractivity contribution is 6.23. The maximum absolute atomic E-state index is 9.87. The second-order valence-corrected chi connectivity index (χ2v) is 11.4. The molecule has 1 aliphatic rings. The Morgan fingerprint density at radius 1 is 0.435 bits per heavy atom. The Hall–Kier alpha value is -5.66. The first-order chi connectivity index (χ1) is 32.6. The van der Waals surface area contributed by atoms with Gasteiger partial charge < -0.3 is 4.42 Å². The van der Waals surface area contributed by atoms with Crippen LogP contribution in [0.15, 0.2) is 149 Å². The first kappa shape index (κ1) is 11.6. The summed E-state index contributed by atoms with van der Waals surface area (Å²) in [6.07, 6.45) is 0. The van der Waals surface area contributed by atoms with Crippen LogP contribution in [-0.2, 0) is 5.41 Å². The molecule has 0 fully saturated rings. The van der Waals surface area contributed by atoms with E-state index in [0.29, 0.717) is 0 Å². The highest BCUT2D eigenvalue weighted by atomic mass is 16.3. The molecule has 1 heteroatoms. The molecule has 0 atom stereocenters. The van der Waals surface area contributed by atoms with E-state index in [-0.39, 0.29) is 22.3 Å². The Balaban J connectivity index is 1.53. The molecule has 10 rings (SSSR count). The summed E-state index contributed by atoms with van der Waals surface area (Å²) in [5, 5.41) is -4.18.